The maximum atomic E-state index is 5.63. The Morgan fingerprint density at radius 1 is 1.27 bits per heavy atom. The van der Waals surface area contributed by atoms with Crippen LogP contribution in [0.2, 0.25) is 0 Å². The zero-order valence-electron chi connectivity index (χ0n) is 8.54. The number of nitrogens with two attached hydrogens (primary N) is 1. The first-order chi connectivity index (χ1) is 7.09. The highest BCUT2D eigenvalue weighted by molar-refractivity contribution is 14.1. The molecule has 0 fully saturated rings. The highest BCUT2D eigenvalue weighted by Gasteiger charge is 2.13. The average Bonchev–Trinajstić information content (AvgIpc) is 2.53. The normalized spacial score (nSPS) is 10.6. The number of anilines is 1. The summed E-state index contributed by atoms with van der Waals surface area (Å²) < 4.78 is 6.06. The SMILES string of the molecule is Cc1ccc(-c2onc(N)c2I)cc1C. The molecule has 0 saturated carbocycles. The standard InChI is InChI=1S/C11H11IN2O/c1-6-3-4-8(5-7(6)2)10-9(12)11(13)14-15-10/h3-5H,1-2H3,(H2,13,14). The van der Waals surface area contributed by atoms with Gasteiger partial charge in [0.15, 0.2) is 11.6 Å². The van der Waals surface area contributed by atoms with Gasteiger partial charge in [0.2, 0.25) is 0 Å². The predicted molar refractivity (Wildman–Crippen MR) is 68.5 cm³/mol. The van der Waals surface area contributed by atoms with E-state index in [2.05, 4.69) is 53.7 Å². The van der Waals surface area contributed by atoms with Gasteiger partial charge in [-0.3, -0.25) is 0 Å². The molecule has 0 amide bonds. The van der Waals surface area contributed by atoms with Gasteiger partial charge in [-0.2, -0.15) is 0 Å². The minimum absolute atomic E-state index is 0.448. The van der Waals surface area contributed by atoms with E-state index >= 15 is 0 Å². The molecule has 0 aliphatic heterocycles. The van der Waals surface area contributed by atoms with Crippen LogP contribution in [0, 0.1) is 17.4 Å². The number of hydrogen-bond donors (Lipinski definition) is 1. The largest absolute Gasteiger partial charge is 0.380 e. The first-order valence-electron chi connectivity index (χ1n) is 4.58. The summed E-state index contributed by atoms with van der Waals surface area (Å²) in [5, 5.41) is 3.74. The summed E-state index contributed by atoms with van der Waals surface area (Å²) in [4.78, 5) is 0. The maximum absolute atomic E-state index is 5.63. The van der Waals surface area contributed by atoms with Gasteiger partial charge in [-0.05, 0) is 53.6 Å². The van der Waals surface area contributed by atoms with Crippen LogP contribution in [0.15, 0.2) is 22.7 Å². The van der Waals surface area contributed by atoms with Gasteiger partial charge < -0.3 is 10.3 Å². The van der Waals surface area contributed by atoms with Crippen LogP contribution in [0.3, 0.4) is 0 Å². The van der Waals surface area contributed by atoms with Crippen LogP contribution in [-0.2, 0) is 0 Å². The molecule has 2 N–H and O–H groups in total. The van der Waals surface area contributed by atoms with Crippen LogP contribution < -0.4 is 5.73 Å². The van der Waals surface area contributed by atoms with Crippen molar-refractivity contribution in [2.24, 2.45) is 0 Å². The monoisotopic (exact) mass is 314 g/mol. The highest BCUT2D eigenvalue weighted by atomic mass is 127. The molecule has 2 aromatic rings. The summed E-state index contributed by atoms with van der Waals surface area (Å²) >= 11 is 2.14. The van der Waals surface area contributed by atoms with Crippen molar-refractivity contribution >= 4 is 28.4 Å². The summed E-state index contributed by atoms with van der Waals surface area (Å²) in [6.07, 6.45) is 0. The third kappa shape index (κ3) is 1.86. The van der Waals surface area contributed by atoms with Gasteiger partial charge in [0.1, 0.15) is 3.57 Å². The molecule has 0 bridgehead atoms. The summed E-state index contributed by atoms with van der Waals surface area (Å²) in [6, 6.07) is 6.17. The van der Waals surface area contributed by atoms with Crippen LogP contribution in [0.5, 0.6) is 0 Å². The molecule has 15 heavy (non-hydrogen) atoms. The second-order valence-electron chi connectivity index (χ2n) is 3.51. The van der Waals surface area contributed by atoms with E-state index in [0.717, 1.165) is 14.9 Å². The molecule has 3 nitrogen and oxygen atoms in total. The van der Waals surface area contributed by atoms with Crippen molar-refractivity contribution in [2.45, 2.75) is 13.8 Å². The fraction of sp³-hybridized carbons (Fsp3) is 0.182. The Kier molecular flexibility index (Phi) is 2.68. The van der Waals surface area contributed by atoms with Gasteiger partial charge in [0.05, 0.1) is 0 Å². The lowest BCUT2D eigenvalue weighted by Gasteiger charge is -2.02. The smallest absolute Gasteiger partial charge is 0.182 e. The Morgan fingerprint density at radius 3 is 2.53 bits per heavy atom. The van der Waals surface area contributed by atoms with Gasteiger partial charge >= 0.3 is 0 Å². The number of nitrogens with zero attached hydrogens (tertiary/aromatic N) is 1. The molecule has 0 unspecified atom stereocenters. The lowest BCUT2D eigenvalue weighted by molar-refractivity contribution is 0.435. The third-order valence-corrected chi connectivity index (χ3v) is 3.47. The fourth-order valence-electron chi connectivity index (χ4n) is 1.35. The van der Waals surface area contributed by atoms with Crippen molar-refractivity contribution in [3.63, 3.8) is 0 Å². The number of rotatable bonds is 1. The molecule has 1 heterocycles. The van der Waals surface area contributed by atoms with E-state index < -0.39 is 0 Å². The zero-order chi connectivity index (χ0) is 11.0. The van der Waals surface area contributed by atoms with Gasteiger partial charge in [0, 0.05) is 5.56 Å². The predicted octanol–water partition coefficient (Wildman–Crippen LogP) is 3.15. The van der Waals surface area contributed by atoms with Crippen molar-refractivity contribution in [1.29, 1.82) is 0 Å². The van der Waals surface area contributed by atoms with E-state index in [9.17, 15) is 0 Å². The average molecular weight is 314 g/mol. The second-order valence-corrected chi connectivity index (χ2v) is 4.59. The number of halogens is 1. The molecular weight excluding hydrogens is 303 g/mol. The number of aryl methyl sites for hydroxylation is 2. The first kappa shape index (κ1) is 10.5. The van der Waals surface area contributed by atoms with E-state index in [1.54, 1.807) is 0 Å². The Bertz CT molecular complexity index is 505. The highest BCUT2D eigenvalue weighted by Crippen LogP contribution is 2.29. The molecule has 0 atom stereocenters. The summed E-state index contributed by atoms with van der Waals surface area (Å²) in [7, 11) is 0. The Labute approximate surface area is 102 Å². The molecule has 2 rings (SSSR count). The first-order valence-corrected chi connectivity index (χ1v) is 5.65. The fourth-order valence-corrected chi connectivity index (χ4v) is 1.86. The number of aromatic nitrogens is 1. The summed E-state index contributed by atoms with van der Waals surface area (Å²) in [5.41, 5.74) is 9.15. The van der Waals surface area contributed by atoms with Crippen LogP contribution >= 0.6 is 22.6 Å². The van der Waals surface area contributed by atoms with Crippen LogP contribution in [0.1, 0.15) is 11.1 Å². The topological polar surface area (TPSA) is 52.0 Å². The van der Waals surface area contributed by atoms with Gasteiger partial charge in [-0.15, -0.1) is 0 Å². The molecule has 0 aliphatic carbocycles. The minimum Gasteiger partial charge on any atom is -0.380 e. The second kappa shape index (κ2) is 3.84. The molecule has 0 aliphatic rings. The van der Waals surface area contributed by atoms with E-state index in [1.165, 1.54) is 11.1 Å². The molecule has 78 valence electrons. The summed E-state index contributed by atoms with van der Waals surface area (Å²) in [5.74, 6) is 1.19. The van der Waals surface area contributed by atoms with Gasteiger partial charge in [-0.1, -0.05) is 17.3 Å². The van der Waals surface area contributed by atoms with Crippen LogP contribution in [0.4, 0.5) is 5.82 Å². The molecule has 4 heteroatoms. The van der Waals surface area contributed by atoms with Crippen molar-refractivity contribution in [1.82, 2.24) is 5.16 Å². The van der Waals surface area contributed by atoms with Gasteiger partial charge in [0.25, 0.3) is 0 Å². The minimum atomic E-state index is 0.448. The van der Waals surface area contributed by atoms with Crippen molar-refractivity contribution in [3.8, 4) is 11.3 Å². The lowest BCUT2D eigenvalue weighted by atomic mass is 10.1. The van der Waals surface area contributed by atoms with E-state index in [-0.39, 0.29) is 0 Å². The van der Waals surface area contributed by atoms with Gasteiger partial charge in [-0.25, -0.2) is 0 Å². The zero-order valence-corrected chi connectivity index (χ0v) is 10.7. The van der Waals surface area contributed by atoms with Crippen molar-refractivity contribution in [2.75, 3.05) is 5.73 Å². The lowest BCUT2D eigenvalue weighted by Crippen LogP contribution is -1.87. The van der Waals surface area contributed by atoms with Crippen molar-refractivity contribution in [3.05, 3.63) is 32.9 Å². The summed E-state index contributed by atoms with van der Waals surface area (Å²) in [6.45, 7) is 4.16. The third-order valence-electron chi connectivity index (χ3n) is 2.43. The number of hydrogen-bond acceptors (Lipinski definition) is 3. The Balaban J connectivity index is 2.55. The van der Waals surface area contributed by atoms with Crippen LogP contribution in [-0.4, -0.2) is 5.16 Å². The molecular formula is C11H11IN2O. The molecule has 0 saturated heterocycles. The van der Waals surface area contributed by atoms with E-state index in [0.29, 0.717) is 5.82 Å². The van der Waals surface area contributed by atoms with Crippen LogP contribution in [0.25, 0.3) is 11.3 Å². The molecule has 1 aromatic heterocycles. The molecule has 0 radical (unpaired) electrons. The quantitative estimate of drug-likeness (QED) is 0.823. The van der Waals surface area contributed by atoms with E-state index in [4.69, 9.17) is 10.3 Å². The van der Waals surface area contributed by atoms with Crippen molar-refractivity contribution < 1.29 is 4.52 Å². The van der Waals surface area contributed by atoms with E-state index in [1.807, 2.05) is 6.07 Å². The Morgan fingerprint density at radius 2 is 2.00 bits per heavy atom. The molecule has 1 aromatic carbocycles. The number of nitrogen functional groups attached to an aromatic ring is 1. The Hall–Kier alpha value is -1.04. The maximum Gasteiger partial charge on any atom is 0.182 e. The molecule has 0 spiro atoms. The number of benzene rings is 1.